The number of unbranched alkanes of at least 4 members (excludes halogenated alkanes) is 1. The van der Waals surface area contributed by atoms with E-state index in [1.807, 2.05) is 66.3 Å². The number of carbonyl (C=O) groups excluding carboxylic acids is 2. The number of carbonyl (C=O) groups is 2. The van der Waals surface area contributed by atoms with Crippen molar-refractivity contribution in [1.29, 1.82) is 0 Å². The Balaban J connectivity index is 2.15. The molecule has 0 aliphatic carbocycles. The smallest absolute Gasteiger partial charge is 0.328 e. The van der Waals surface area contributed by atoms with Crippen molar-refractivity contribution in [2.45, 2.75) is 44.7 Å². The van der Waals surface area contributed by atoms with Crippen molar-refractivity contribution in [3.8, 4) is 0 Å². The zero-order valence-electron chi connectivity index (χ0n) is 14.9. The van der Waals surface area contributed by atoms with E-state index in [9.17, 15) is 9.59 Å². The fraction of sp³-hybridized carbons (Fsp3) is 0.400. The molecule has 2 atom stereocenters. The fourth-order valence-corrected chi connectivity index (χ4v) is 2.79. The van der Waals surface area contributed by atoms with E-state index in [1.165, 1.54) is 7.11 Å². The first-order valence-corrected chi connectivity index (χ1v) is 8.70. The summed E-state index contributed by atoms with van der Waals surface area (Å²) in [5, 5.41) is 2.88. The van der Waals surface area contributed by atoms with E-state index in [0.29, 0.717) is 12.8 Å². The third-order valence-corrected chi connectivity index (χ3v) is 4.21. The first-order valence-electron chi connectivity index (χ1n) is 8.70. The molecule has 5 heteroatoms. The van der Waals surface area contributed by atoms with Gasteiger partial charge in [0.15, 0.2) is 0 Å². The van der Waals surface area contributed by atoms with Crippen molar-refractivity contribution in [2.75, 3.05) is 7.11 Å². The molecule has 134 valence electrons. The van der Waals surface area contributed by atoms with Crippen LogP contribution in [-0.2, 0) is 20.7 Å². The summed E-state index contributed by atoms with van der Waals surface area (Å²) >= 11 is 0. The fourth-order valence-electron chi connectivity index (χ4n) is 2.79. The van der Waals surface area contributed by atoms with Gasteiger partial charge in [-0.05, 0) is 24.1 Å². The van der Waals surface area contributed by atoms with Crippen molar-refractivity contribution in [2.24, 2.45) is 0 Å². The van der Waals surface area contributed by atoms with Crippen LogP contribution in [0.2, 0.25) is 0 Å². The van der Waals surface area contributed by atoms with Crippen molar-refractivity contribution in [3.63, 3.8) is 0 Å². The highest BCUT2D eigenvalue weighted by atomic mass is 16.5. The molecule has 0 aliphatic heterocycles. The second-order valence-corrected chi connectivity index (χ2v) is 6.06. The van der Waals surface area contributed by atoms with E-state index in [2.05, 4.69) is 5.32 Å². The van der Waals surface area contributed by atoms with Gasteiger partial charge in [0.05, 0.1) is 7.11 Å². The molecule has 0 radical (unpaired) electrons. The monoisotopic (exact) mass is 342 g/mol. The van der Waals surface area contributed by atoms with Crippen LogP contribution in [0.3, 0.4) is 0 Å². The SMILES string of the molecule is CCCC[C@H](NC(=O)[C@H](Cc1ccccc1)n1cccc1)C(=O)OC. The Bertz CT molecular complexity index is 653. The quantitative estimate of drug-likeness (QED) is 0.712. The number of benzene rings is 1. The standard InChI is InChI=1S/C20H26N2O3/c1-3-4-12-17(20(24)25-2)21-19(23)18(22-13-8-9-14-22)15-16-10-6-5-7-11-16/h5-11,13-14,17-18H,3-4,12,15H2,1-2H3,(H,21,23)/t17-,18-/m0/s1. The number of aromatic nitrogens is 1. The molecule has 2 rings (SSSR count). The molecule has 0 saturated heterocycles. The second kappa shape index (κ2) is 9.67. The predicted octanol–water partition coefficient (Wildman–Crippen LogP) is 3.12. The Labute approximate surface area is 149 Å². The lowest BCUT2D eigenvalue weighted by molar-refractivity contribution is -0.145. The van der Waals surface area contributed by atoms with Crippen molar-refractivity contribution >= 4 is 11.9 Å². The largest absolute Gasteiger partial charge is 0.467 e. The number of hydrogen-bond donors (Lipinski definition) is 1. The van der Waals surface area contributed by atoms with Gasteiger partial charge in [-0.1, -0.05) is 50.1 Å². The van der Waals surface area contributed by atoms with Gasteiger partial charge in [-0.15, -0.1) is 0 Å². The minimum atomic E-state index is -0.605. The molecule has 1 aromatic carbocycles. The van der Waals surface area contributed by atoms with E-state index >= 15 is 0 Å². The van der Waals surface area contributed by atoms with E-state index in [4.69, 9.17) is 4.74 Å². The maximum absolute atomic E-state index is 12.9. The van der Waals surface area contributed by atoms with Crippen molar-refractivity contribution in [1.82, 2.24) is 9.88 Å². The Morgan fingerprint density at radius 3 is 2.40 bits per heavy atom. The Morgan fingerprint density at radius 1 is 1.12 bits per heavy atom. The minimum absolute atomic E-state index is 0.174. The number of methoxy groups -OCH3 is 1. The summed E-state index contributed by atoms with van der Waals surface area (Å²) in [6.45, 7) is 2.05. The van der Waals surface area contributed by atoms with Gasteiger partial charge in [-0.3, -0.25) is 4.79 Å². The van der Waals surface area contributed by atoms with Gasteiger partial charge >= 0.3 is 5.97 Å². The molecule has 0 bridgehead atoms. The molecular formula is C20H26N2O3. The van der Waals surface area contributed by atoms with Crippen LogP contribution in [-0.4, -0.2) is 29.6 Å². The molecule has 2 aromatic rings. The highest BCUT2D eigenvalue weighted by molar-refractivity contribution is 5.86. The van der Waals surface area contributed by atoms with Crippen LogP contribution in [0.1, 0.15) is 37.8 Å². The highest BCUT2D eigenvalue weighted by Gasteiger charge is 2.26. The van der Waals surface area contributed by atoms with Crippen molar-refractivity contribution < 1.29 is 14.3 Å². The number of ether oxygens (including phenoxy) is 1. The van der Waals surface area contributed by atoms with Gasteiger partial charge in [0, 0.05) is 18.8 Å². The summed E-state index contributed by atoms with van der Waals surface area (Å²) in [5.41, 5.74) is 1.07. The Hall–Kier alpha value is -2.56. The zero-order chi connectivity index (χ0) is 18.1. The molecule has 1 heterocycles. The highest BCUT2D eigenvalue weighted by Crippen LogP contribution is 2.16. The number of nitrogens with one attached hydrogen (secondary N) is 1. The van der Waals surface area contributed by atoms with Crippen LogP contribution in [0.4, 0.5) is 0 Å². The van der Waals surface area contributed by atoms with Crippen LogP contribution in [0, 0.1) is 0 Å². The van der Waals surface area contributed by atoms with Gasteiger partial charge in [0.25, 0.3) is 0 Å². The first kappa shape index (κ1) is 18.8. The molecule has 5 nitrogen and oxygen atoms in total. The minimum Gasteiger partial charge on any atom is -0.467 e. The Kier molecular flexibility index (Phi) is 7.26. The van der Waals surface area contributed by atoms with Crippen LogP contribution < -0.4 is 5.32 Å². The lowest BCUT2D eigenvalue weighted by Crippen LogP contribution is -2.45. The van der Waals surface area contributed by atoms with Gasteiger partial charge in [0.2, 0.25) is 5.91 Å². The molecule has 1 aromatic heterocycles. The summed E-state index contributed by atoms with van der Waals surface area (Å²) in [6.07, 6.45) is 6.68. The zero-order valence-corrected chi connectivity index (χ0v) is 14.9. The summed E-state index contributed by atoms with van der Waals surface area (Å²) < 4.78 is 6.71. The van der Waals surface area contributed by atoms with E-state index in [-0.39, 0.29) is 5.91 Å². The maximum atomic E-state index is 12.9. The summed E-state index contributed by atoms with van der Waals surface area (Å²) in [7, 11) is 1.35. The van der Waals surface area contributed by atoms with Crippen LogP contribution >= 0.6 is 0 Å². The summed E-state index contributed by atoms with van der Waals surface area (Å²) in [4.78, 5) is 24.9. The summed E-state index contributed by atoms with van der Waals surface area (Å²) in [6, 6.07) is 12.6. The number of nitrogens with zero attached hydrogens (tertiary/aromatic N) is 1. The molecule has 0 saturated carbocycles. The van der Waals surface area contributed by atoms with Crippen LogP contribution in [0.25, 0.3) is 0 Å². The van der Waals surface area contributed by atoms with Gasteiger partial charge < -0.3 is 14.6 Å². The van der Waals surface area contributed by atoms with Gasteiger partial charge in [-0.25, -0.2) is 4.79 Å². The number of amides is 1. The topological polar surface area (TPSA) is 60.3 Å². The molecule has 0 spiro atoms. The molecule has 1 N–H and O–H groups in total. The molecule has 1 amide bonds. The average Bonchev–Trinajstić information content (AvgIpc) is 3.17. The van der Waals surface area contributed by atoms with Gasteiger partial charge in [-0.2, -0.15) is 0 Å². The van der Waals surface area contributed by atoms with E-state index < -0.39 is 18.1 Å². The van der Waals surface area contributed by atoms with Crippen molar-refractivity contribution in [3.05, 3.63) is 60.4 Å². The Morgan fingerprint density at radius 2 is 1.80 bits per heavy atom. The lowest BCUT2D eigenvalue weighted by atomic mass is 10.0. The molecule has 0 aliphatic rings. The number of esters is 1. The lowest BCUT2D eigenvalue weighted by Gasteiger charge is -2.22. The predicted molar refractivity (Wildman–Crippen MR) is 97.1 cm³/mol. The number of hydrogen-bond acceptors (Lipinski definition) is 3. The number of rotatable bonds is 9. The third-order valence-electron chi connectivity index (χ3n) is 4.21. The van der Waals surface area contributed by atoms with E-state index in [0.717, 1.165) is 18.4 Å². The van der Waals surface area contributed by atoms with E-state index in [1.54, 1.807) is 0 Å². The summed E-state index contributed by atoms with van der Waals surface area (Å²) in [5.74, 6) is -0.570. The average molecular weight is 342 g/mol. The molecule has 0 fully saturated rings. The van der Waals surface area contributed by atoms with Gasteiger partial charge in [0.1, 0.15) is 12.1 Å². The molecular weight excluding hydrogens is 316 g/mol. The second-order valence-electron chi connectivity index (χ2n) is 6.06. The molecule has 0 unspecified atom stereocenters. The normalized spacial score (nSPS) is 13.0. The first-order chi connectivity index (χ1) is 12.2. The third kappa shape index (κ3) is 5.48. The van der Waals surface area contributed by atoms with Crippen LogP contribution in [0.15, 0.2) is 54.9 Å². The van der Waals surface area contributed by atoms with Crippen LogP contribution in [0.5, 0.6) is 0 Å². The molecule has 25 heavy (non-hydrogen) atoms. The maximum Gasteiger partial charge on any atom is 0.328 e.